The van der Waals surface area contributed by atoms with E-state index in [0.717, 1.165) is 74.4 Å². The Bertz CT molecular complexity index is 4660. The van der Waals surface area contributed by atoms with E-state index < -0.39 is 90.0 Å². The Morgan fingerprint density at radius 1 is 0.632 bits per heavy atom. The largest absolute Gasteiger partial charge is 0.460 e. The van der Waals surface area contributed by atoms with Crippen LogP contribution >= 0.6 is 0 Å². The maximum atomic E-state index is 14.7. The first-order valence-corrected chi connectivity index (χ1v) is 48.1. The number of hydrogen-bond acceptors (Lipinski definition) is 27. The standard InChI is InChI=1S/C63H103NO18.C39H48N6O6/c1-12-76-29-30-78-33-34-79-32-31-77-28-18-22-56(66)80-52-26-24-48(38-55(52)74-10)37-44(5)54-40-51(65)43(4)36-46(7)58(68)59(75-11)57(67)45(6)35-41(2)19-14-13-15-20-42(3)53(73-9)39-49-25-23-47(8)63(72,82-49)60(69)61(70)64-27-17-16-21-50(64)62(71)81-54;1-5-48-18-19-50-22-23-51-21-20-49-17-12-37(46)44-15-13-43(14-16-44)35-11-9-32(24-28(35)2)45-38-33-25-30(31-7-6-29(3)40-26-31)8-10-34(33)41-27-36(38)42(4)39(45)47/h13-15,19-20,36,41,43-45,47-55,58-59,65,68,72H,12,16-18,21-35,37-40H2,1-11H3;6-11,24-27H,5,12-23H2,1-4H3/b15-13+,19-14+,42-20+,46-36+;/t41-,43-,44-,45-,47-,48+,49+,50+,51-,52-,53+,54+,55-,58-,59+,63-;/m1./s1. The van der Waals surface area contributed by atoms with Crippen LogP contribution in [0.1, 0.15) is 170 Å². The van der Waals surface area contributed by atoms with E-state index in [1.807, 2.05) is 114 Å². The third-order valence-electron chi connectivity index (χ3n) is 26.2. The van der Waals surface area contributed by atoms with Crippen LogP contribution < -0.4 is 10.6 Å². The van der Waals surface area contributed by atoms with Gasteiger partial charge in [-0.25, -0.2) is 9.59 Å². The number of aryl methyl sites for hydroxylation is 3. The molecule has 5 aromatic rings. The molecular weight excluding hydrogens is 1710 g/mol. The Balaban J connectivity index is 0.000000331. The summed E-state index contributed by atoms with van der Waals surface area (Å²) in [4.78, 5) is 112. The minimum atomic E-state index is -2.45. The highest BCUT2D eigenvalue weighted by molar-refractivity contribution is 6.39. The number of imidazole rings is 1. The SMILES string of the molecule is CCOCCOCCOCCOCCC(=O)N1CCN(c2ccc(-n3c(=O)n(C)c4cnc5ccc(-c6ccc(C)nc6)cc5c43)cc2C)CC1.CCOCCOCCOCCOCCCC(=O)O[C@@H]1CC[C@@H](C[C@@H](C)[C@@H]2C[C@@H](O)[C@H](C)/C=C(\C)[C@@H](O)[C@@H](OC)C(=O)[C@H](C)C[C@H](C)/C=C/C=C/C=C(\C)[C@@H](OC)C[C@@H]3CC[C@@H](C)[C@@](O)(O3)C(=O)C(=O)N3CCCC[C@H]3C(=O)O2)C[C@H]1OC. The van der Waals surface area contributed by atoms with Crippen molar-refractivity contribution in [1.82, 2.24) is 28.9 Å². The molecule has 2 bridgehead atoms. The number of aliphatic hydroxyl groups is 3. The summed E-state index contributed by atoms with van der Waals surface area (Å²) >= 11 is 0. The van der Waals surface area contributed by atoms with Crippen LogP contribution in [-0.2, 0) is 102 Å². The summed E-state index contributed by atoms with van der Waals surface area (Å²) in [6, 6.07) is 15.2. The van der Waals surface area contributed by atoms with Crippen LogP contribution in [0.25, 0.3) is 38.8 Å². The number of aromatic nitrogens is 4. The summed E-state index contributed by atoms with van der Waals surface area (Å²) in [5, 5.41) is 36.6. The van der Waals surface area contributed by atoms with Crippen molar-refractivity contribution >= 4 is 62.9 Å². The van der Waals surface area contributed by atoms with Gasteiger partial charge in [-0.1, -0.05) is 83.2 Å². The molecule has 3 N–H and O–H groups in total. The zero-order chi connectivity index (χ0) is 96.1. The Morgan fingerprint density at radius 3 is 1.92 bits per heavy atom. The predicted molar refractivity (Wildman–Crippen MR) is 507 cm³/mol. The van der Waals surface area contributed by atoms with Crippen LogP contribution in [0.3, 0.4) is 0 Å². The normalized spacial score (nSPS) is 26.9. The number of aliphatic hydroxyl groups excluding tert-OH is 2. The number of nitrogens with zero attached hydrogens (tertiary/aromatic N) is 7. The van der Waals surface area contributed by atoms with Gasteiger partial charge in [-0.15, -0.1) is 0 Å². The number of fused-ring (bicyclic) bond motifs is 6. The van der Waals surface area contributed by atoms with Gasteiger partial charge in [0.15, 0.2) is 5.78 Å². The molecule has 0 radical (unpaired) electrons. The highest BCUT2D eigenvalue weighted by Crippen LogP contribution is 2.40. The average Bonchev–Trinajstić information content (AvgIpc) is 1.59. The number of rotatable bonds is 37. The topological polar surface area (TPSA) is 355 Å². The monoisotopic (exact) mass is 1860 g/mol. The molecule has 738 valence electrons. The van der Waals surface area contributed by atoms with Crippen molar-refractivity contribution < 1.29 is 110 Å². The molecule has 0 unspecified atom stereocenters. The number of amides is 2. The van der Waals surface area contributed by atoms with Crippen LogP contribution in [0.4, 0.5) is 5.69 Å². The molecule has 4 aliphatic heterocycles. The quantitative estimate of drug-likeness (QED) is 0.0144. The smallest absolute Gasteiger partial charge is 0.333 e. The molecule has 0 spiro atoms. The highest BCUT2D eigenvalue weighted by atomic mass is 16.6. The van der Waals surface area contributed by atoms with E-state index in [4.69, 9.17) is 66.3 Å². The summed E-state index contributed by atoms with van der Waals surface area (Å²) in [5.74, 6) is -7.89. The van der Waals surface area contributed by atoms with E-state index in [2.05, 4.69) is 46.1 Å². The van der Waals surface area contributed by atoms with Crippen molar-refractivity contribution in [2.24, 2.45) is 42.6 Å². The number of carbonyl (C=O) groups is 6. The van der Waals surface area contributed by atoms with Gasteiger partial charge in [0.2, 0.25) is 11.7 Å². The number of cyclic esters (lactones) is 1. The van der Waals surface area contributed by atoms with E-state index in [1.54, 1.807) is 63.4 Å². The molecule has 5 aliphatic rings. The zero-order valence-electron chi connectivity index (χ0n) is 81.4. The van der Waals surface area contributed by atoms with Gasteiger partial charge in [-0.2, -0.15) is 0 Å². The fourth-order valence-electron chi connectivity index (χ4n) is 18.2. The minimum Gasteiger partial charge on any atom is -0.460 e. The number of anilines is 1. The van der Waals surface area contributed by atoms with E-state index in [0.29, 0.717) is 201 Å². The molecular formula is C102H151N7O24. The van der Waals surface area contributed by atoms with Crippen LogP contribution in [0, 0.1) is 49.4 Å². The number of methoxy groups -OCH3 is 3. The van der Waals surface area contributed by atoms with Gasteiger partial charge in [0.25, 0.3) is 11.7 Å². The van der Waals surface area contributed by atoms with Gasteiger partial charge in [0.05, 0.1) is 145 Å². The molecule has 4 fully saturated rings. The van der Waals surface area contributed by atoms with Crippen molar-refractivity contribution in [1.29, 1.82) is 0 Å². The fraction of sp³-hybridized carbons (Fsp3) is 0.657. The molecule has 3 saturated heterocycles. The van der Waals surface area contributed by atoms with Crippen LogP contribution in [-0.4, -0.2) is 300 Å². The van der Waals surface area contributed by atoms with Crippen LogP contribution in [0.5, 0.6) is 0 Å². The Morgan fingerprint density at radius 2 is 1.29 bits per heavy atom. The number of ketones is 2. The van der Waals surface area contributed by atoms with E-state index in [-0.39, 0.29) is 73.0 Å². The summed E-state index contributed by atoms with van der Waals surface area (Å²) in [7, 11) is 6.35. The maximum absolute atomic E-state index is 14.7. The fourth-order valence-corrected chi connectivity index (χ4v) is 18.2. The number of carbonyl (C=O) groups excluding carboxylic acids is 6. The third-order valence-corrected chi connectivity index (χ3v) is 26.2. The molecule has 3 aromatic heterocycles. The molecule has 1 aliphatic carbocycles. The lowest BCUT2D eigenvalue weighted by Crippen LogP contribution is -2.61. The van der Waals surface area contributed by atoms with E-state index >= 15 is 0 Å². The summed E-state index contributed by atoms with van der Waals surface area (Å²) in [6.45, 7) is 31.6. The number of Topliss-reactive ketones (excluding diaryl/α,β-unsaturated/α-hetero) is 2. The Kier molecular flexibility index (Phi) is 45.4. The summed E-state index contributed by atoms with van der Waals surface area (Å²) in [5.41, 5.74) is 9.52. The third kappa shape index (κ3) is 31.9. The first kappa shape index (κ1) is 108. The number of pyridine rings is 2. The van der Waals surface area contributed by atoms with Gasteiger partial charge >= 0.3 is 17.6 Å². The molecule has 10 rings (SSSR count). The second-order valence-corrected chi connectivity index (χ2v) is 36.1. The van der Waals surface area contributed by atoms with E-state index in [9.17, 15) is 48.9 Å². The molecule has 2 aromatic carbocycles. The van der Waals surface area contributed by atoms with Crippen molar-refractivity contribution in [3.63, 3.8) is 0 Å². The van der Waals surface area contributed by atoms with Gasteiger partial charge in [-0.05, 0) is 189 Å². The van der Waals surface area contributed by atoms with Crippen LogP contribution in [0.2, 0.25) is 0 Å². The Hall–Kier alpha value is -8.35. The number of esters is 2. The molecule has 133 heavy (non-hydrogen) atoms. The van der Waals surface area contributed by atoms with Crippen molar-refractivity contribution in [2.75, 3.05) is 165 Å². The second-order valence-electron chi connectivity index (χ2n) is 36.1. The molecule has 1 saturated carbocycles. The van der Waals surface area contributed by atoms with Crippen molar-refractivity contribution in [3.05, 3.63) is 130 Å². The highest BCUT2D eigenvalue weighted by Gasteiger charge is 2.53. The van der Waals surface area contributed by atoms with Crippen LogP contribution in [0.15, 0.2) is 113 Å². The van der Waals surface area contributed by atoms with Gasteiger partial charge < -0.3 is 96.3 Å². The molecule has 16 atom stereocenters. The summed E-state index contributed by atoms with van der Waals surface area (Å²) < 4.78 is 83.1. The zero-order valence-corrected chi connectivity index (χ0v) is 81.4. The number of piperazine rings is 1. The summed E-state index contributed by atoms with van der Waals surface area (Å²) in [6.07, 6.45) is 14.9. The number of ether oxygens (including phenoxy) is 14. The first-order chi connectivity index (χ1) is 64.0. The van der Waals surface area contributed by atoms with Gasteiger partial charge in [0, 0.05) is 146 Å². The molecule has 31 nitrogen and oxygen atoms in total. The number of benzene rings is 2. The number of piperidine rings is 1. The van der Waals surface area contributed by atoms with Gasteiger partial charge in [-0.3, -0.25) is 43.1 Å². The lowest BCUT2D eigenvalue weighted by Gasteiger charge is -2.43. The average molecular weight is 1860 g/mol. The van der Waals surface area contributed by atoms with Crippen molar-refractivity contribution in [3.8, 4) is 16.8 Å². The van der Waals surface area contributed by atoms with E-state index in [1.165, 1.54) is 12.0 Å². The van der Waals surface area contributed by atoms with Gasteiger partial charge in [0.1, 0.15) is 30.5 Å². The lowest BCUT2D eigenvalue weighted by molar-refractivity contribution is -0.265. The Labute approximate surface area is 785 Å². The molecule has 31 heteroatoms. The number of allylic oxidation sites excluding steroid dienone is 5. The first-order valence-electron chi connectivity index (χ1n) is 48.1. The lowest BCUT2D eigenvalue weighted by atomic mass is 9.78. The minimum absolute atomic E-state index is 0.0100. The van der Waals surface area contributed by atoms with Crippen molar-refractivity contribution in [2.45, 2.75) is 233 Å². The molecule has 7 heterocycles. The second kappa shape index (κ2) is 55.8. The maximum Gasteiger partial charge on any atom is 0.333 e. The predicted octanol–water partition coefficient (Wildman–Crippen LogP) is 12.1. The number of hydrogen-bond donors (Lipinski definition) is 3. The molecule has 2 amide bonds.